The number of nitrogens with zero attached hydrogens (tertiary/aromatic N) is 4. The van der Waals surface area contributed by atoms with Gasteiger partial charge in [-0.2, -0.15) is 0 Å². The molecule has 7 aromatic carbocycles. The molecule has 4 heteroatoms. The van der Waals surface area contributed by atoms with E-state index >= 15 is 0 Å². The molecule has 0 spiro atoms. The van der Waals surface area contributed by atoms with Crippen molar-refractivity contribution in [1.82, 2.24) is 19.1 Å². The quantitative estimate of drug-likeness (QED) is 0.188. The number of aromatic nitrogens is 4. The van der Waals surface area contributed by atoms with Gasteiger partial charge in [-0.15, -0.1) is 0 Å². The van der Waals surface area contributed by atoms with Gasteiger partial charge in [-0.1, -0.05) is 121 Å². The van der Waals surface area contributed by atoms with Gasteiger partial charge in [0, 0.05) is 39.0 Å². The molecule has 50 heavy (non-hydrogen) atoms. The number of para-hydroxylation sites is 3. The second kappa shape index (κ2) is 11.4. The summed E-state index contributed by atoms with van der Waals surface area (Å²) >= 11 is 0. The first-order valence-corrected chi connectivity index (χ1v) is 16.9. The molecule has 4 nitrogen and oxygen atoms in total. The Labute approximate surface area is 289 Å². The maximum absolute atomic E-state index is 5.50. The SMILES string of the molecule is c1ccc(-c2cc(-c3ccccc3)cc(-c3nc(-n4c5ccccc5c5ccc6c(ccn6-c6ccccc6)c54)nc4ccccc34)c2)cc1. The Morgan fingerprint density at radius 2 is 0.980 bits per heavy atom. The van der Waals surface area contributed by atoms with Crippen LogP contribution in [0, 0.1) is 0 Å². The molecule has 0 N–H and O–H groups in total. The van der Waals surface area contributed by atoms with Crippen LogP contribution in [0.1, 0.15) is 0 Å². The van der Waals surface area contributed by atoms with Gasteiger partial charge in [0.15, 0.2) is 0 Å². The molecule has 0 aliphatic rings. The van der Waals surface area contributed by atoms with Crippen LogP contribution >= 0.6 is 0 Å². The monoisotopic (exact) mass is 638 g/mol. The van der Waals surface area contributed by atoms with Crippen molar-refractivity contribution in [2.24, 2.45) is 0 Å². The Morgan fingerprint density at radius 3 is 1.70 bits per heavy atom. The number of benzene rings is 7. The first-order valence-electron chi connectivity index (χ1n) is 16.9. The van der Waals surface area contributed by atoms with Crippen LogP contribution in [0.3, 0.4) is 0 Å². The summed E-state index contributed by atoms with van der Waals surface area (Å²) in [7, 11) is 0. The molecule has 10 aromatic rings. The fourth-order valence-corrected chi connectivity index (χ4v) is 7.44. The summed E-state index contributed by atoms with van der Waals surface area (Å²) in [5.41, 5.74) is 11.9. The van der Waals surface area contributed by atoms with Crippen molar-refractivity contribution in [2.75, 3.05) is 0 Å². The number of fused-ring (bicyclic) bond motifs is 6. The molecule has 0 saturated heterocycles. The Balaban J connectivity index is 1.28. The van der Waals surface area contributed by atoms with Crippen LogP contribution in [-0.4, -0.2) is 19.1 Å². The van der Waals surface area contributed by atoms with E-state index < -0.39 is 0 Å². The lowest BCUT2D eigenvalue weighted by molar-refractivity contribution is 1.02. The molecule has 0 aliphatic heterocycles. The van der Waals surface area contributed by atoms with Crippen molar-refractivity contribution >= 4 is 43.6 Å². The maximum atomic E-state index is 5.50. The van der Waals surface area contributed by atoms with E-state index in [0.717, 1.165) is 72.0 Å². The van der Waals surface area contributed by atoms with Gasteiger partial charge in [-0.05, 0) is 76.9 Å². The molecule has 0 bridgehead atoms. The molecule has 0 fully saturated rings. The van der Waals surface area contributed by atoms with E-state index in [9.17, 15) is 0 Å². The molecule has 0 atom stereocenters. The van der Waals surface area contributed by atoms with Gasteiger partial charge in [0.05, 0.1) is 27.8 Å². The normalized spacial score (nSPS) is 11.6. The highest BCUT2D eigenvalue weighted by Gasteiger charge is 2.20. The Morgan fingerprint density at radius 1 is 0.380 bits per heavy atom. The summed E-state index contributed by atoms with van der Waals surface area (Å²) in [5, 5.41) is 4.52. The zero-order chi connectivity index (χ0) is 33.0. The van der Waals surface area contributed by atoms with Crippen LogP contribution in [0.2, 0.25) is 0 Å². The minimum absolute atomic E-state index is 0.649. The Kier molecular flexibility index (Phi) is 6.46. The van der Waals surface area contributed by atoms with Gasteiger partial charge in [-0.3, -0.25) is 4.57 Å². The topological polar surface area (TPSA) is 35.6 Å². The molecule has 0 aliphatic carbocycles. The summed E-state index contributed by atoms with van der Waals surface area (Å²) in [5.74, 6) is 0.649. The van der Waals surface area contributed by atoms with Crippen LogP contribution in [0.5, 0.6) is 0 Å². The second-order valence-electron chi connectivity index (χ2n) is 12.7. The molecule has 3 heterocycles. The van der Waals surface area contributed by atoms with E-state index in [1.165, 1.54) is 10.8 Å². The van der Waals surface area contributed by atoms with Crippen LogP contribution < -0.4 is 0 Å². The minimum Gasteiger partial charge on any atom is -0.316 e. The van der Waals surface area contributed by atoms with Crippen LogP contribution in [-0.2, 0) is 0 Å². The highest BCUT2D eigenvalue weighted by molar-refractivity contribution is 6.18. The minimum atomic E-state index is 0.649. The van der Waals surface area contributed by atoms with Crippen molar-refractivity contribution in [3.05, 3.63) is 182 Å². The average molecular weight is 639 g/mol. The number of hydrogen-bond donors (Lipinski definition) is 0. The van der Waals surface area contributed by atoms with Gasteiger partial charge in [-0.25, -0.2) is 9.97 Å². The van der Waals surface area contributed by atoms with Crippen molar-refractivity contribution in [2.45, 2.75) is 0 Å². The van der Waals surface area contributed by atoms with Gasteiger partial charge < -0.3 is 4.57 Å². The fourth-order valence-electron chi connectivity index (χ4n) is 7.44. The third-order valence-corrected chi connectivity index (χ3v) is 9.75. The van der Waals surface area contributed by atoms with Crippen molar-refractivity contribution in [1.29, 1.82) is 0 Å². The molecule has 0 unspecified atom stereocenters. The summed E-state index contributed by atoms with van der Waals surface area (Å²) in [6.07, 6.45) is 2.16. The zero-order valence-corrected chi connectivity index (χ0v) is 27.1. The van der Waals surface area contributed by atoms with Crippen molar-refractivity contribution < 1.29 is 0 Å². The highest BCUT2D eigenvalue weighted by Crippen LogP contribution is 2.39. The lowest BCUT2D eigenvalue weighted by Crippen LogP contribution is -2.04. The molecule has 0 saturated carbocycles. The maximum Gasteiger partial charge on any atom is 0.235 e. The lowest BCUT2D eigenvalue weighted by atomic mass is 9.94. The molecular formula is C46H30N4. The molecular weight excluding hydrogens is 609 g/mol. The third kappa shape index (κ3) is 4.54. The van der Waals surface area contributed by atoms with Gasteiger partial charge in [0.25, 0.3) is 0 Å². The van der Waals surface area contributed by atoms with Gasteiger partial charge >= 0.3 is 0 Å². The molecule has 3 aromatic heterocycles. The Hall–Kier alpha value is -6.78. The van der Waals surface area contributed by atoms with Gasteiger partial charge in [0.1, 0.15) is 0 Å². The fraction of sp³-hybridized carbons (Fsp3) is 0. The van der Waals surface area contributed by atoms with Crippen LogP contribution in [0.25, 0.3) is 88.8 Å². The van der Waals surface area contributed by atoms with Crippen LogP contribution in [0.15, 0.2) is 182 Å². The number of hydrogen-bond acceptors (Lipinski definition) is 2. The number of rotatable bonds is 5. The summed E-state index contributed by atoms with van der Waals surface area (Å²) in [6, 6.07) is 62.1. The standard InChI is InChI=1S/C46H30N4/c1-4-14-31(15-5-1)33-28-34(32-16-6-2-7-17-32)30-35(29-33)44-39-21-10-12-22-41(39)47-46(48-44)50-43-23-13-11-20-37(43)38-24-25-42-40(45(38)50)26-27-49(42)36-18-8-3-9-19-36/h1-30H. The first kappa shape index (κ1) is 28.3. The summed E-state index contributed by atoms with van der Waals surface area (Å²) in [6.45, 7) is 0. The lowest BCUT2D eigenvalue weighted by Gasteiger charge is -2.15. The summed E-state index contributed by atoms with van der Waals surface area (Å²) < 4.78 is 4.51. The van der Waals surface area contributed by atoms with E-state index in [0.29, 0.717) is 5.95 Å². The molecule has 0 radical (unpaired) electrons. The zero-order valence-electron chi connectivity index (χ0n) is 27.1. The van der Waals surface area contributed by atoms with Gasteiger partial charge in [0.2, 0.25) is 5.95 Å². The predicted molar refractivity (Wildman–Crippen MR) is 207 cm³/mol. The molecule has 234 valence electrons. The van der Waals surface area contributed by atoms with E-state index in [1.807, 2.05) is 0 Å². The van der Waals surface area contributed by atoms with E-state index in [-0.39, 0.29) is 0 Å². The largest absolute Gasteiger partial charge is 0.316 e. The first-order chi connectivity index (χ1) is 24.8. The predicted octanol–water partition coefficient (Wildman–Crippen LogP) is 11.7. The van der Waals surface area contributed by atoms with E-state index in [1.54, 1.807) is 0 Å². The van der Waals surface area contributed by atoms with E-state index in [2.05, 4.69) is 191 Å². The second-order valence-corrected chi connectivity index (χ2v) is 12.7. The molecule has 0 amide bonds. The third-order valence-electron chi connectivity index (χ3n) is 9.75. The van der Waals surface area contributed by atoms with E-state index in [4.69, 9.17) is 9.97 Å². The average Bonchev–Trinajstić information content (AvgIpc) is 3.78. The highest BCUT2D eigenvalue weighted by atomic mass is 15.2. The Bertz CT molecular complexity index is 2790. The van der Waals surface area contributed by atoms with Crippen molar-refractivity contribution in [3.63, 3.8) is 0 Å². The van der Waals surface area contributed by atoms with Crippen LogP contribution in [0.4, 0.5) is 0 Å². The molecule has 10 rings (SSSR count). The summed E-state index contributed by atoms with van der Waals surface area (Å²) in [4.78, 5) is 10.8. The smallest absolute Gasteiger partial charge is 0.235 e. The van der Waals surface area contributed by atoms with Crippen molar-refractivity contribution in [3.8, 4) is 45.1 Å².